The van der Waals surface area contributed by atoms with Crippen molar-refractivity contribution in [3.05, 3.63) is 47.9 Å². The summed E-state index contributed by atoms with van der Waals surface area (Å²) in [5.74, 6) is 0. The van der Waals surface area contributed by atoms with Gasteiger partial charge in [-0.15, -0.1) is 0 Å². The summed E-state index contributed by atoms with van der Waals surface area (Å²) in [7, 11) is 0. The van der Waals surface area contributed by atoms with Crippen LogP contribution >= 0.6 is 0 Å². The van der Waals surface area contributed by atoms with Crippen LogP contribution in [0.25, 0.3) is 47.9 Å². The zero-order valence-corrected chi connectivity index (χ0v) is 8.38. The second-order valence-corrected chi connectivity index (χ2v) is 0.268. The van der Waals surface area contributed by atoms with E-state index in [1.165, 1.54) is 14.7 Å². The molecule has 0 aliphatic carbocycles. The largest absolute Gasteiger partial charge is 0.373 e. The van der Waals surface area contributed by atoms with Crippen molar-refractivity contribution in [1.82, 2.24) is 0 Å². The molecule has 56 valence electrons. The Morgan fingerprint density at radius 3 is 0.636 bits per heavy atom. The molecule has 0 atom stereocenters. The Kier molecular flexibility index (Phi) is 358. The molecule has 0 spiro atoms. The average molecular weight is 260 g/mol. The molecule has 0 aliphatic heterocycles. The third-order valence-corrected chi connectivity index (χ3v) is 0. The van der Waals surface area contributed by atoms with Crippen molar-refractivity contribution in [3.63, 3.8) is 0 Å². The van der Waals surface area contributed by atoms with Crippen molar-refractivity contribution in [1.29, 1.82) is 0 Å². The Morgan fingerprint density at radius 1 is 0.636 bits per heavy atom. The first kappa shape index (κ1) is 22.6. The van der Waals surface area contributed by atoms with Gasteiger partial charge in [0.1, 0.15) is 0 Å². The van der Waals surface area contributed by atoms with Gasteiger partial charge < -0.3 is 33.2 Å². The molecule has 0 heterocycles. The summed E-state index contributed by atoms with van der Waals surface area (Å²) in [5, 5.41) is 0. The monoisotopic (exact) mass is 261 g/mol. The molecule has 11 heavy (non-hydrogen) atoms. The van der Waals surface area contributed by atoms with Crippen molar-refractivity contribution >= 4 is 22.5 Å². The number of rotatable bonds is 0. The van der Waals surface area contributed by atoms with E-state index < -0.39 is 0 Å². The molecular formula is CH3N9Sn. The van der Waals surface area contributed by atoms with Crippen LogP contribution in [-0.2, 0) is 0 Å². The van der Waals surface area contributed by atoms with E-state index in [0.29, 0.717) is 0 Å². The van der Waals surface area contributed by atoms with Gasteiger partial charge in [-0.1, -0.05) is 0 Å². The molecule has 0 N–H and O–H groups in total. The van der Waals surface area contributed by atoms with Crippen molar-refractivity contribution in [2.75, 3.05) is 0 Å². The van der Waals surface area contributed by atoms with Crippen molar-refractivity contribution in [3.8, 4) is 0 Å². The van der Waals surface area contributed by atoms with Crippen LogP contribution in [-0.4, -0.2) is 22.5 Å². The summed E-state index contributed by atoms with van der Waals surface area (Å²) in [6.45, 7) is 0. The van der Waals surface area contributed by atoms with Crippen molar-refractivity contribution < 1.29 is 0 Å². The molecular weight excluding hydrogens is 257 g/mol. The third-order valence-electron chi connectivity index (χ3n) is 0. The summed E-state index contributed by atoms with van der Waals surface area (Å²) in [4.78, 5) is 6.59. The predicted molar refractivity (Wildman–Crippen MR) is 41.8 cm³/mol. The van der Waals surface area contributed by atoms with Crippen LogP contribution in [0.5, 0.6) is 0 Å². The van der Waals surface area contributed by atoms with Gasteiger partial charge in [0, 0.05) is 0 Å². The Balaban J connectivity index is -0.0000000301. The topological polar surface area (TPSA) is 176 Å². The molecule has 10 heteroatoms. The Labute approximate surface area is 75.7 Å². The van der Waals surface area contributed by atoms with E-state index in [-0.39, 0.29) is 0 Å². The van der Waals surface area contributed by atoms with Gasteiger partial charge in [0.25, 0.3) is 0 Å². The second kappa shape index (κ2) is 174. The van der Waals surface area contributed by atoms with Gasteiger partial charge in [0.2, 0.25) is 0 Å². The van der Waals surface area contributed by atoms with Gasteiger partial charge in [-0.25, -0.2) is 0 Å². The van der Waals surface area contributed by atoms with Gasteiger partial charge in [-0.05, 0) is 0 Å². The minimum absolute atomic E-state index is 1.50. The summed E-state index contributed by atoms with van der Waals surface area (Å²) in [5.41, 5.74) is 40.5. The first-order valence-corrected chi connectivity index (χ1v) is 4.55. The van der Waals surface area contributed by atoms with Gasteiger partial charge in [-0.3, -0.25) is 14.7 Å². The van der Waals surface area contributed by atoms with Crippen LogP contribution in [0.4, 0.5) is 0 Å². The summed E-state index contributed by atoms with van der Waals surface area (Å²) in [6, 6.07) is 0. The van der Waals surface area contributed by atoms with Gasteiger partial charge in [0.05, 0.1) is 0 Å². The third kappa shape index (κ3) is 245. The summed E-state index contributed by atoms with van der Waals surface area (Å²) >= 11 is 1.55. The second-order valence-electron chi connectivity index (χ2n) is 0.268. The Hall–Kier alpha value is -1.27. The molecule has 0 amide bonds. The van der Waals surface area contributed by atoms with E-state index in [2.05, 4.69) is 4.94 Å². The molecule has 0 fully saturated rings. The van der Waals surface area contributed by atoms with Crippen LogP contribution in [0.15, 0.2) is 0 Å². The van der Waals surface area contributed by atoms with E-state index in [1.54, 1.807) is 22.5 Å². The molecule has 0 radical (unpaired) electrons. The number of nitrogens with zero attached hydrogens (tertiary/aromatic N) is 9. The molecule has 0 aromatic rings. The zero-order valence-electron chi connectivity index (χ0n) is 5.52. The quantitative estimate of drug-likeness (QED) is 0.269. The summed E-state index contributed by atoms with van der Waals surface area (Å²) in [6.07, 6.45) is 0. The minimum Gasteiger partial charge on any atom is -0.373 e. The first-order chi connectivity index (χ1) is 5.24. The molecule has 9 nitrogen and oxygen atoms in total. The number of hydrogen-bond donors (Lipinski definition) is 0. The molecule has 0 aromatic carbocycles. The zero-order chi connectivity index (χ0) is 10.1. The van der Waals surface area contributed by atoms with E-state index >= 15 is 0 Å². The maximum absolute atomic E-state index is 6.75. The maximum Gasteiger partial charge on any atom is -0.255 e. The molecule has 0 aromatic heterocycles. The molecule has 0 rings (SSSR count). The standard InChI is InChI=1S/CH3.3N3.Sn/c;3*1-3-2;/h1H3;;;;/q;3*-1;+3. The van der Waals surface area contributed by atoms with Crippen LogP contribution in [0, 0.1) is 0 Å². The SMILES string of the molecule is [CH3][Sn+3].[N-]=[N+]=[N-].[N-]=[N+]=[N-].[N-]=[N+]=[N-]. The van der Waals surface area contributed by atoms with E-state index in [9.17, 15) is 0 Å². The van der Waals surface area contributed by atoms with Crippen molar-refractivity contribution in [2.24, 2.45) is 0 Å². The molecule has 0 saturated carbocycles. The molecule has 0 saturated heterocycles. The molecule has 0 unspecified atom stereocenters. The van der Waals surface area contributed by atoms with Crippen LogP contribution in [0.3, 0.4) is 0 Å². The normalized spacial score (nSPS) is 2.82. The van der Waals surface area contributed by atoms with Gasteiger partial charge in [-0.2, -0.15) is 0 Å². The van der Waals surface area contributed by atoms with E-state index in [0.717, 1.165) is 0 Å². The fourth-order valence-corrected chi connectivity index (χ4v) is 0. The minimum atomic E-state index is 1.50. The fourth-order valence-electron chi connectivity index (χ4n) is 0. The van der Waals surface area contributed by atoms with E-state index in [1.807, 2.05) is 0 Å². The average Bonchev–Trinajstić information content (AvgIpc) is 1.96. The number of hydrogen-bond acceptors (Lipinski definition) is 0. The Morgan fingerprint density at radius 2 is 0.636 bits per heavy atom. The first-order valence-electron chi connectivity index (χ1n) is 1.70. The fraction of sp³-hybridized carbons (Fsp3) is 1.00. The van der Waals surface area contributed by atoms with Crippen LogP contribution < -0.4 is 0 Å². The van der Waals surface area contributed by atoms with Gasteiger partial charge in [0.15, 0.2) is 0 Å². The van der Waals surface area contributed by atoms with Crippen LogP contribution in [0.1, 0.15) is 0 Å². The molecule has 0 aliphatic rings. The van der Waals surface area contributed by atoms with Crippen molar-refractivity contribution in [2.45, 2.75) is 4.94 Å². The Bertz CT molecular complexity index is 101. The van der Waals surface area contributed by atoms with E-state index in [4.69, 9.17) is 33.2 Å². The summed E-state index contributed by atoms with van der Waals surface area (Å²) < 4.78 is 0. The van der Waals surface area contributed by atoms with Gasteiger partial charge >= 0.3 is 27.5 Å². The smallest absolute Gasteiger partial charge is 0.255 e. The predicted octanol–water partition coefficient (Wildman–Crippen LogP) is 2.80. The van der Waals surface area contributed by atoms with Crippen LogP contribution in [0.2, 0.25) is 4.94 Å². The maximum atomic E-state index is 6.75. The molecule has 0 bridgehead atoms.